The van der Waals surface area contributed by atoms with Gasteiger partial charge >= 0.3 is 5.97 Å². The molecule has 3 aromatic carbocycles. The van der Waals surface area contributed by atoms with Crippen LogP contribution in [0.3, 0.4) is 0 Å². The minimum Gasteiger partial charge on any atom is -0.481 e. The molecule has 4 rings (SSSR count). The van der Waals surface area contributed by atoms with Gasteiger partial charge in [-0.1, -0.05) is 72.8 Å². The predicted octanol–water partition coefficient (Wildman–Crippen LogP) is 3.66. The van der Waals surface area contributed by atoms with E-state index in [0.29, 0.717) is 17.7 Å². The molecule has 3 N–H and O–H groups in total. The summed E-state index contributed by atoms with van der Waals surface area (Å²) in [5, 5.41) is 12.9. The molecular weight excluding hydrogens is 502 g/mol. The van der Waals surface area contributed by atoms with Crippen LogP contribution < -0.4 is 10.0 Å². The molecule has 1 aliphatic heterocycles. The van der Waals surface area contributed by atoms with Gasteiger partial charge in [0, 0.05) is 32.2 Å². The van der Waals surface area contributed by atoms with Crippen LogP contribution in [0.25, 0.3) is 11.1 Å². The molecule has 8 nitrogen and oxygen atoms in total. The van der Waals surface area contributed by atoms with E-state index in [4.69, 9.17) is 4.74 Å². The highest BCUT2D eigenvalue weighted by molar-refractivity contribution is 7.89. The fourth-order valence-electron chi connectivity index (χ4n) is 4.62. The van der Waals surface area contributed by atoms with Crippen molar-refractivity contribution in [2.75, 3.05) is 32.8 Å². The van der Waals surface area contributed by atoms with E-state index < -0.39 is 22.0 Å². The first-order valence-corrected chi connectivity index (χ1v) is 14.3. The first-order valence-electron chi connectivity index (χ1n) is 12.8. The molecule has 0 spiro atoms. The molecule has 9 heteroatoms. The number of carbonyl (C=O) groups is 1. The molecule has 0 saturated carbocycles. The Kier molecular flexibility index (Phi) is 9.65. The number of ether oxygens (including phenoxy) is 1. The highest BCUT2D eigenvalue weighted by Crippen LogP contribution is 2.28. The smallest absolute Gasteiger partial charge is 0.305 e. The van der Waals surface area contributed by atoms with Crippen molar-refractivity contribution in [1.29, 1.82) is 0 Å². The van der Waals surface area contributed by atoms with Gasteiger partial charge < -0.3 is 15.2 Å². The minimum absolute atomic E-state index is 0.134. The molecule has 202 valence electrons. The van der Waals surface area contributed by atoms with Crippen molar-refractivity contribution in [3.8, 4) is 11.1 Å². The van der Waals surface area contributed by atoms with Gasteiger partial charge in [0.25, 0.3) is 0 Å². The van der Waals surface area contributed by atoms with E-state index in [0.717, 1.165) is 44.0 Å². The highest BCUT2D eigenvalue weighted by atomic mass is 32.2. The molecule has 0 aromatic heterocycles. The normalized spacial score (nSPS) is 16.1. The molecule has 1 fully saturated rings. The number of sulfonamides is 1. The van der Waals surface area contributed by atoms with E-state index in [9.17, 15) is 18.3 Å². The molecule has 0 aliphatic carbocycles. The number of aliphatic carboxylic acids is 1. The quantitative estimate of drug-likeness (QED) is 0.324. The molecule has 1 heterocycles. The fraction of sp³-hybridized carbons (Fsp3) is 0.345. The van der Waals surface area contributed by atoms with E-state index in [1.807, 2.05) is 42.5 Å². The molecule has 0 amide bonds. The Balaban J connectivity index is 1.61. The maximum Gasteiger partial charge on any atom is 0.305 e. The Morgan fingerprint density at radius 3 is 2.29 bits per heavy atom. The molecule has 1 saturated heterocycles. The Morgan fingerprint density at radius 2 is 1.63 bits per heavy atom. The number of rotatable bonds is 12. The number of carboxylic acid groups (broad SMARTS) is 1. The third-order valence-electron chi connectivity index (χ3n) is 6.62. The number of hydrogen-bond donors (Lipinski definition) is 3. The van der Waals surface area contributed by atoms with Gasteiger partial charge in [-0.25, -0.2) is 13.1 Å². The summed E-state index contributed by atoms with van der Waals surface area (Å²) in [4.78, 5) is 14.1. The number of nitrogens with one attached hydrogen (secondary N) is 2. The molecule has 38 heavy (non-hydrogen) atoms. The fourth-order valence-corrected chi connectivity index (χ4v) is 6.11. The molecule has 1 aliphatic rings. The second-order valence-corrected chi connectivity index (χ2v) is 11.2. The number of benzene rings is 3. The van der Waals surface area contributed by atoms with Crippen LogP contribution in [0.1, 0.15) is 30.5 Å². The van der Waals surface area contributed by atoms with Crippen LogP contribution in [-0.2, 0) is 26.1 Å². The lowest BCUT2D eigenvalue weighted by molar-refractivity contribution is -0.137. The van der Waals surface area contributed by atoms with Crippen LogP contribution >= 0.6 is 0 Å². The van der Waals surface area contributed by atoms with Gasteiger partial charge in [-0.3, -0.25) is 9.69 Å². The second kappa shape index (κ2) is 13.1. The third kappa shape index (κ3) is 7.72. The van der Waals surface area contributed by atoms with Crippen molar-refractivity contribution in [2.24, 2.45) is 0 Å². The summed E-state index contributed by atoms with van der Waals surface area (Å²) in [5.41, 5.74) is 2.88. The van der Waals surface area contributed by atoms with Crippen molar-refractivity contribution < 1.29 is 23.1 Å². The lowest BCUT2D eigenvalue weighted by Gasteiger charge is -2.29. The first kappa shape index (κ1) is 27.9. The Bertz CT molecular complexity index is 1300. The average Bonchev–Trinajstić information content (AvgIpc) is 2.92. The van der Waals surface area contributed by atoms with E-state index in [2.05, 4.69) is 21.9 Å². The van der Waals surface area contributed by atoms with E-state index in [1.165, 1.54) is 0 Å². The number of hydrogen-bond acceptors (Lipinski definition) is 6. The first-order chi connectivity index (χ1) is 18.3. The van der Waals surface area contributed by atoms with Gasteiger partial charge in [0.2, 0.25) is 10.0 Å². The minimum atomic E-state index is -4.07. The summed E-state index contributed by atoms with van der Waals surface area (Å²) in [6.07, 6.45) is -0.369. The van der Waals surface area contributed by atoms with E-state index in [-0.39, 0.29) is 17.4 Å². The van der Waals surface area contributed by atoms with Crippen LogP contribution in [0.5, 0.6) is 0 Å². The summed E-state index contributed by atoms with van der Waals surface area (Å²) in [6.45, 7) is 6.48. The van der Waals surface area contributed by atoms with Gasteiger partial charge in [-0.2, -0.15) is 0 Å². The summed E-state index contributed by atoms with van der Waals surface area (Å²) >= 11 is 0. The SMILES string of the molecule is C[C@@H](CN1CCOCC1)NCc1ccc(-c2ccccc2)cc1S(=O)(=O)N[C@H](CC(=O)O)c1ccccc1. The number of morpholine rings is 1. The molecule has 2 atom stereocenters. The topological polar surface area (TPSA) is 108 Å². The molecule has 0 bridgehead atoms. The van der Waals surface area contributed by atoms with Gasteiger partial charge in [0.1, 0.15) is 0 Å². The van der Waals surface area contributed by atoms with Crippen molar-refractivity contribution in [1.82, 2.24) is 14.9 Å². The van der Waals surface area contributed by atoms with Crippen LogP contribution in [0, 0.1) is 0 Å². The maximum atomic E-state index is 13.8. The summed E-state index contributed by atoms with van der Waals surface area (Å²) in [5.74, 6) is -1.08. The van der Waals surface area contributed by atoms with Crippen molar-refractivity contribution in [3.05, 3.63) is 90.0 Å². The zero-order valence-electron chi connectivity index (χ0n) is 21.5. The summed E-state index contributed by atoms with van der Waals surface area (Å²) < 4.78 is 35.7. The Labute approximate surface area is 224 Å². The summed E-state index contributed by atoms with van der Waals surface area (Å²) in [6, 6.07) is 23.0. The van der Waals surface area contributed by atoms with Crippen molar-refractivity contribution in [2.45, 2.75) is 36.9 Å². The maximum absolute atomic E-state index is 13.8. The van der Waals surface area contributed by atoms with Crippen molar-refractivity contribution >= 4 is 16.0 Å². The highest BCUT2D eigenvalue weighted by Gasteiger charge is 2.26. The number of carboxylic acids is 1. The average molecular weight is 538 g/mol. The van der Waals surface area contributed by atoms with Gasteiger partial charge in [0.15, 0.2) is 0 Å². The lowest BCUT2D eigenvalue weighted by atomic mass is 10.0. The zero-order valence-corrected chi connectivity index (χ0v) is 22.4. The third-order valence-corrected chi connectivity index (χ3v) is 8.17. The lowest BCUT2D eigenvalue weighted by Crippen LogP contribution is -2.44. The largest absolute Gasteiger partial charge is 0.481 e. The molecule has 0 radical (unpaired) electrons. The zero-order chi connectivity index (χ0) is 27.0. The van der Waals surface area contributed by atoms with Crippen LogP contribution in [0.2, 0.25) is 0 Å². The van der Waals surface area contributed by atoms with Gasteiger partial charge in [-0.15, -0.1) is 0 Å². The second-order valence-electron chi connectivity index (χ2n) is 9.57. The van der Waals surface area contributed by atoms with E-state index in [1.54, 1.807) is 36.4 Å². The van der Waals surface area contributed by atoms with Gasteiger partial charge in [0.05, 0.1) is 30.6 Å². The van der Waals surface area contributed by atoms with E-state index >= 15 is 0 Å². The molecule has 3 aromatic rings. The van der Waals surface area contributed by atoms with Crippen LogP contribution in [0.15, 0.2) is 83.8 Å². The van der Waals surface area contributed by atoms with Crippen LogP contribution in [-0.4, -0.2) is 63.3 Å². The van der Waals surface area contributed by atoms with Crippen LogP contribution in [0.4, 0.5) is 0 Å². The Hall–Kier alpha value is -3.08. The molecular formula is C29H35N3O5S. The Morgan fingerprint density at radius 1 is 0.974 bits per heavy atom. The molecule has 0 unspecified atom stereocenters. The number of nitrogens with zero attached hydrogens (tertiary/aromatic N) is 1. The van der Waals surface area contributed by atoms with Crippen molar-refractivity contribution in [3.63, 3.8) is 0 Å². The monoisotopic (exact) mass is 537 g/mol. The van der Waals surface area contributed by atoms with Gasteiger partial charge in [-0.05, 0) is 35.2 Å². The standard InChI is InChI=1S/C29H35N3O5S/c1-22(21-32-14-16-37-17-15-32)30-20-26-13-12-25(23-8-4-2-5-9-23)18-28(26)38(35,36)31-27(19-29(33)34)24-10-6-3-7-11-24/h2-13,18,22,27,30-31H,14-17,19-21H2,1H3,(H,33,34)/t22-,27+/m0/s1. The predicted molar refractivity (Wildman–Crippen MR) is 147 cm³/mol. The summed E-state index contributed by atoms with van der Waals surface area (Å²) in [7, 11) is -4.07.